The maximum atomic E-state index is 13.7. The zero-order chi connectivity index (χ0) is 29.4. The molecule has 0 unspecified atom stereocenters. The van der Waals surface area contributed by atoms with Gasteiger partial charge in [0, 0.05) is 46.2 Å². The zero-order valence-electron chi connectivity index (χ0n) is 23.3. The number of sulfonamides is 1. The van der Waals surface area contributed by atoms with Crippen LogP contribution in [0.4, 0.5) is 5.69 Å². The van der Waals surface area contributed by atoms with Crippen molar-refractivity contribution in [2.45, 2.75) is 83.8 Å². The molecule has 1 fully saturated rings. The minimum absolute atomic E-state index is 0.0287. The molecule has 40 heavy (non-hydrogen) atoms. The summed E-state index contributed by atoms with van der Waals surface area (Å²) in [5, 5.41) is 4.43. The summed E-state index contributed by atoms with van der Waals surface area (Å²) in [5.41, 5.74) is 1.68. The topological polar surface area (TPSA) is 86.8 Å². The lowest BCUT2D eigenvalue weighted by Gasteiger charge is -2.33. The highest BCUT2D eigenvalue weighted by molar-refractivity contribution is 7.92. The fourth-order valence-electron chi connectivity index (χ4n) is 5.17. The van der Waals surface area contributed by atoms with Gasteiger partial charge in [-0.25, -0.2) is 8.42 Å². The van der Waals surface area contributed by atoms with E-state index in [9.17, 15) is 18.0 Å². The largest absolute Gasteiger partial charge is 0.352 e. The van der Waals surface area contributed by atoms with Crippen molar-refractivity contribution in [1.82, 2.24) is 10.2 Å². The Balaban J connectivity index is 1.82. The highest BCUT2D eigenvalue weighted by Crippen LogP contribution is 2.30. The smallest absolute Gasteiger partial charge is 0.243 e. The maximum absolute atomic E-state index is 13.7. The number of hydrogen-bond acceptors (Lipinski definition) is 4. The first-order valence-corrected chi connectivity index (χ1v) is 16.7. The van der Waals surface area contributed by atoms with Gasteiger partial charge in [-0.3, -0.25) is 13.9 Å². The van der Waals surface area contributed by atoms with E-state index in [2.05, 4.69) is 5.32 Å². The molecule has 220 valence electrons. The van der Waals surface area contributed by atoms with Crippen LogP contribution in [-0.4, -0.2) is 50.0 Å². The van der Waals surface area contributed by atoms with Crippen LogP contribution in [0.1, 0.15) is 69.4 Å². The first kappa shape index (κ1) is 32.5. The molecule has 0 aliphatic heterocycles. The van der Waals surface area contributed by atoms with Crippen LogP contribution in [0.3, 0.4) is 0 Å². The van der Waals surface area contributed by atoms with Gasteiger partial charge in [0.2, 0.25) is 21.8 Å². The number of halogens is 3. The van der Waals surface area contributed by atoms with E-state index in [4.69, 9.17) is 34.8 Å². The number of hydrogen-bond donors (Lipinski definition) is 1. The van der Waals surface area contributed by atoms with Gasteiger partial charge < -0.3 is 10.2 Å². The van der Waals surface area contributed by atoms with Crippen molar-refractivity contribution in [2.24, 2.45) is 0 Å². The van der Waals surface area contributed by atoms with Gasteiger partial charge in [-0.05, 0) is 62.4 Å². The Morgan fingerprint density at radius 1 is 1.00 bits per heavy atom. The van der Waals surface area contributed by atoms with E-state index in [0.29, 0.717) is 38.3 Å². The maximum Gasteiger partial charge on any atom is 0.243 e. The first-order valence-electron chi connectivity index (χ1n) is 13.7. The van der Waals surface area contributed by atoms with Crippen LogP contribution >= 0.6 is 34.8 Å². The summed E-state index contributed by atoms with van der Waals surface area (Å²) in [4.78, 5) is 28.7. The summed E-state index contributed by atoms with van der Waals surface area (Å²) in [5.74, 6) is -0.476. The molecule has 7 nitrogen and oxygen atoms in total. The lowest BCUT2D eigenvalue weighted by atomic mass is 9.95. The van der Waals surface area contributed by atoms with E-state index >= 15 is 0 Å². The fraction of sp³-hybridized carbons (Fsp3) is 0.517. The SMILES string of the molecule is CC[C@@H](C(=O)NC1CCCCC1)N(Cc1c(Cl)cccc1Cl)C(=O)CCCN(c1cccc(Cl)c1C)S(C)(=O)=O. The molecule has 0 spiro atoms. The third-order valence-corrected chi connectivity index (χ3v) is 9.69. The second kappa shape index (κ2) is 14.8. The molecular formula is C29H38Cl3N3O4S. The number of carbonyl (C=O) groups is 2. The average molecular weight is 631 g/mol. The van der Waals surface area contributed by atoms with Crippen molar-refractivity contribution >= 4 is 62.3 Å². The number of nitrogens with one attached hydrogen (secondary N) is 1. The van der Waals surface area contributed by atoms with E-state index in [1.165, 1.54) is 15.6 Å². The Bertz CT molecular complexity index is 1280. The monoisotopic (exact) mass is 629 g/mol. The van der Waals surface area contributed by atoms with Crippen molar-refractivity contribution < 1.29 is 18.0 Å². The molecule has 0 heterocycles. The van der Waals surface area contributed by atoms with Crippen molar-refractivity contribution in [3.63, 3.8) is 0 Å². The molecule has 1 atom stereocenters. The van der Waals surface area contributed by atoms with Crippen LogP contribution < -0.4 is 9.62 Å². The van der Waals surface area contributed by atoms with Gasteiger partial charge in [0.25, 0.3) is 0 Å². The summed E-state index contributed by atoms with van der Waals surface area (Å²) in [6, 6.07) is 9.59. The molecular weight excluding hydrogens is 593 g/mol. The van der Waals surface area contributed by atoms with Gasteiger partial charge in [-0.1, -0.05) is 73.1 Å². The first-order chi connectivity index (χ1) is 18.9. The van der Waals surface area contributed by atoms with Crippen LogP contribution in [-0.2, 0) is 26.2 Å². The van der Waals surface area contributed by atoms with Gasteiger partial charge >= 0.3 is 0 Å². The van der Waals surface area contributed by atoms with E-state index < -0.39 is 16.1 Å². The van der Waals surface area contributed by atoms with E-state index in [0.717, 1.165) is 31.9 Å². The lowest BCUT2D eigenvalue weighted by Crippen LogP contribution is -2.51. The van der Waals surface area contributed by atoms with Gasteiger partial charge in [0.05, 0.1) is 11.9 Å². The molecule has 0 saturated heterocycles. The summed E-state index contributed by atoms with van der Waals surface area (Å²) >= 11 is 19.1. The summed E-state index contributed by atoms with van der Waals surface area (Å²) in [6.45, 7) is 3.77. The van der Waals surface area contributed by atoms with Gasteiger partial charge in [0.15, 0.2) is 0 Å². The molecule has 2 amide bonds. The fourth-order valence-corrected chi connectivity index (χ4v) is 6.87. The molecule has 0 aromatic heterocycles. The Hall–Kier alpha value is -2.00. The molecule has 1 aliphatic carbocycles. The zero-order valence-corrected chi connectivity index (χ0v) is 26.3. The van der Waals surface area contributed by atoms with Crippen LogP contribution in [0.5, 0.6) is 0 Å². The Kier molecular flexibility index (Phi) is 12.0. The second-order valence-electron chi connectivity index (χ2n) is 10.3. The quantitative estimate of drug-likeness (QED) is 0.281. The predicted molar refractivity (Wildman–Crippen MR) is 164 cm³/mol. The van der Waals surface area contributed by atoms with Crippen molar-refractivity contribution in [3.05, 3.63) is 62.6 Å². The normalized spacial score (nSPS) is 14.9. The number of amides is 2. The third kappa shape index (κ3) is 8.51. The van der Waals surface area contributed by atoms with E-state index in [1.807, 2.05) is 6.92 Å². The van der Waals surface area contributed by atoms with Crippen molar-refractivity contribution in [3.8, 4) is 0 Å². The highest BCUT2D eigenvalue weighted by atomic mass is 35.5. The number of nitrogens with zero attached hydrogens (tertiary/aromatic N) is 2. The van der Waals surface area contributed by atoms with E-state index in [1.54, 1.807) is 43.3 Å². The number of anilines is 1. The number of carbonyl (C=O) groups excluding carboxylic acids is 2. The molecule has 3 rings (SSSR count). The van der Waals surface area contributed by atoms with Crippen LogP contribution in [0.2, 0.25) is 15.1 Å². The van der Waals surface area contributed by atoms with Crippen LogP contribution in [0.25, 0.3) is 0 Å². The number of benzene rings is 2. The standard InChI is InChI=1S/C29H38Cl3N3O4S/c1-4-26(29(37)33-21-11-6-5-7-12-21)34(19-22-24(31)14-8-15-25(22)32)28(36)17-10-18-35(40(3,38)39)27-16-9-13-23(30)20(27)2/h8-9,13-16,21,26H,4-7,10-12,17-19H2,1-3H3,(H,33,37)/t26-/m0/s1. The molecule has 0 bridgehead atoms. The lowest BCUT2D eigenvalue weighted by molar-refractivity contribution is -0.141. The summed E-state index contributed by atoms with van der Waals surface area (Å²) < 4.78 is 26.6. The minimum Gasteiger partial charge on any atom is -0.352 e. The van der Waals surface area contributed by atoms with Crippen LogP contribution in [0.15, 0.2) is 36.4 Å². The minimum atomic E-state index is -3.64. The van der Waals surface area contributed by atoms with Crippen LogP contribution in [0, 0.1) is 6.92 Å². The Morgan fingerprint density at radius 2 is 1.60 bits per heavy atom. The Labute approximate surface area is 253 Å². The summed E-state index contributed by atoms with van der Waals surface area (Å²) in [6.07, 6.45) is 6.97. The third-order valence-electron chi connectivity index (χ3n) is 7.39. The molecule has 2 aromatic rings. The van der Waals surface area contributed by atoms with Crippen molar-refractivity contribution in [1.29, 1.82) is 0 Å². The second-order valence-corrected chi connectivity index (χ2v) is 13.4. The van der Waals surface area contributed by atoms with Gasteiger partial charge in [-0.15, -0.1) is 0 Å². The molecule has 2 aromatic carbocycles. The predicted octanol–water partition coefficient (Wildman–Crippen LogP) is 6.76. The molecule has 1 aliphatic rings. The number of rotatable bonds is 12. The van der Waals surface area contributed by atoms with Gasteiger partial charge in [0.1, 0.15) is 6.04 Å². The average Bonchev–Trinajstić information content (AvgIpc) is 2.90. The summed E-state index contributed by atoms with van der Waals surface area (Å²) in [7, 11) is -3.64. The molecule has 11 heteroatoms. The molecule has 1 N–H and O–H groups in total. The Morgan fingerprint density at radius 3 is 2.20 bits per heavy atom. The van der Waals surface area contributed by atoms with Gasteiger partial charge in [-0.2, -0.15) is 0 Å². The molecule has 0 radical (unpaired) electrons. The highest BCUT2D eigenvalue weighted by Gasteiger charge is 2.31. The van der Waals surface area contributed by atoms with E-state index in [-0.39, 0.29) is 43.8 Å². The molecule has 1 saturated carbocycles. The van der Waals surface area contributed by atoms with Crippen molar-refractivity contribution in [2.75, 3.05) is 17.1 Å².